The number of nitriles is 1. The largest absolute Gasteiger partial charge is 0.618 e. The van der Waals surface area contributed by atoms with Crippen LogP contribution in [0.15, 0.2) is 59.4 Å². The lowest BCUT2D eigenvalue weighted by Gasteiger charge is -2.04. The minimum absolute atomic E-state index is 0.0714. The minimum Gasteiger partial charge on any atom is -0.618 e. The van der Waals surface area contributed by atoms with E-state index in [0.29, 0.717) is 15.6 Å². The monoisotopic (exact) mass is 324 g/mol. The highest BCUT2D eigenvalue weighted by atomic mass is 32.2. The second-order valence-corrected chi connectivity index (χ2v) is 5.69. The molecule has 0 atom stereocenters. The lowest BCUT2D eigenvalue weighted by molar-refractivity contribution is -0.645. The van der Waals surface area contributed by atoms with E-state index in [1.807, 2.05) is 30.3 Å². The number of para-hydroxylation sites is 2. The highest BCUT2D eigenvalue weighted by Crippen LogP contribution is 2.22. The lowest BCUT2D eigenvalue weighted by atomic mass is 10.2. The number of aromatic nitrogens is 3. The van der Waals surface area contributed by atoms with Gasteiger partial charge in [0.25, 0.3) is 5.03 Å². The zero-order valence-electron chi connectivity index (χ0n) is 11.9. The Kier molecular flexibility index (Phi) is 4.17. The van der Waals surface area contributed by atoms with Crippen LogP contribution in [-0.2, 0) is 0 Å². The van der Waals surface area contributed by atoms with Gasteiger partial charge in [-0.15, -0.1) is 0 Å². The third-order valence-electron chi connectivity index (χ3n) is 3.17. The van der Waals surface area contributed by atoms with E-state index in [9.17, 15) is 15.6 Å². The van der Waals surface area contributed by atoms with E-state index >= 15 is 0 Å². The van der Waals surface area contributed by atoms with E-state index < -0.39 is 0 Å². The van der Waals surface area contributed by atoms with Gasteiger partial charge in [0.1, 0.15) is 17.4 Å². The van der Waals surface area contributed by atoms with Crippen LogP contribution in [0.3, 0.4) is 0 Å². The van der Waals surface area contributed by atoms with Gasteiger partial charge >= 0.3 is 0 Å². The molecule has 0 spiro atoms. The quantitative estimate of drug-likeness (QED) is 0.253. The Morgan fingerprint density at radius 2 is 2.09 bits per heavy atom. The fraction of sp³-hybridized carbons (Fsp3) is 0.0625. The summed E-state index contributed by atoms with van der Waals surface area (Å²) in [6.07, 6.45) is 1.38. The molecule has 7 heteroatoms. The molecule has 114 valence electrons. The summed E-state index contributed by atoms with van der Waals surface area (Å²) >= 11 is 1.15. The van der Waals surface area contributed by atoms with Crippen molar-refractivity contribution < 1.29 is 9.84 Å². The number of nitrogens with one attached hydrogen (secondary N) is 1. The minimum atomic E-state index is -0.125. The van der Waals surface area contributed by atoms with Crippen LogP contribution in [-0.4, -0.2) is 20.8 Å². The Morgan fingerprint density at radius 1 is 1.30 bits per heavy atom. The van der Waals surface area contributed by atoms with E-state index in [1.165, 1.54) is 6.20 Å². The standard InChI is InChI=1S/C16H12N4O2S/c17-9-11(16-18-12-5-1-2-6-13(12)19-16)14(21)10-23-15-7-3-4-8-20(15)22/h1-8,21H,10H2,(H,18,19)/b14-11-. The molecule has 0 aliphatic heterocycles. The lowest BCUT2D eigenvalue weighted by Crippen LogP contribution is -2.27. The normalized spacial score (nSPS) is 12.0. The first kappa shape index (κ1) is 14.9. The van der Waals surface area contributed by atoms with Gasteiger partial charge in [0.2, 0.25) is 0 Å². The molecule has 0 amide bonds. The van der Waals surface area contributed by atoms with Gasteiger partial charge in [-0.25, -0.2) is 4.98 Å². The summed E-state index contributed by atoms with van der Waals surface area (Å²) < 4.78 is 0.713. The first-order valence-corrected chi connectivity index (χ1v) is 7.76. The Bertz CT molecular complexity index is 894. The number of hydrogen-bond donors (Lipinski definition) is 2. The van der Waals surface area contributed by atoms with Crippen molar-refractivity contribution in [2.24, 2.45) is 0 Å². The predicted molar refractivity (Wildman–Crippen MR) is 87.4 cm³/mol. The molecular weight excluding hydrogens is 312 g/mol. The molecule has 0 saturated carbocycles. The van der Waals surface area contributed by atoms with Gasteiger partial charge in [0.15, 0.2) is 12.0 Å². The Balaban J connectivity index is 1.87. The molecule has 3 rings (SSSR count). The van der Waals surface area contributed by atoms with Gasteiger partial charge in [-0.05, 0) is 30.0 Å². The van der Waals surface area contributed by atoms with Crippen molar-refractivity contribution in [1.82, 2.24) is 9.97 Å². The van der Waals surface area contributed by atoms with Crippen LogP contribution >= 0.6 is 11.8 Å². The van der Waals surface area contributed by atoms with Crippen LogP contribution in [0.2, 0.25) is 0 Å². The molecule has 0 fully saturated rings. The molecule has 23 heavy (non-hydrogen) atoms. The number of imidazole rings is 1. The molecule has 0 unspecified atom stereocenters. The van der Waals surface area contributed by atoms with Gasteiger partial charge in [0, 0.05) is 12.1 Å². The number of aliphatic hydroxyl groups excluding tert-OH is 1. The van der Waals surface area contributed by atoms with Gasteiger partial charge in [-0.3, -0.25) is 0 Å². The molecule has 0 saturated heterocycles. The summed E-state index contributed by atoms with van der Waals surface area (Å²) in [4.78, 5) is 7.31. The third-order valence-corrected chi connectivity index (χ3v) is 4.20. The fourth-order valence-electron chi connectivity index (χ4n) is 2.06. The van der Waals surface area contributed by atoms with E-state index in [4.69, 9.17) is 0 Å². The van der Waals surface area contributed by atoms with Crippen molar-refractivity contribution in [1.29, 1.82) is 5.26 Å². The average molecular weight is 324 g/mol. The molecule has 2 aromatic heterocycles. The van der Waals surface area contributed by atoms with Crippen LogP contribution in [0, 0.1) is 16.5 Å². The van der Waals surface area contributed by atoms with Crippen LogP contribution in [0.4, 0.5) is 0 Å². The summed E-state index contributed by atoms with van der Waals surface area (Å²) in [5.74, 6) is 0.293. The molecule has 3 aromatic rings. The molecule has 2 heterocycles. The number of hydrogen-bond acceptors (Lipinski definition) is 5. The van der Waals surface area contributed by atoms with Gasteiger partial charge in [-0.1, -0.05) is 12.1 Å². The highest BCUT2D eigenvalue weighted by Gasteiger charge is 2.15. The smallest absolute Gasteiger partial charge is 0.251 e. The number of rotatable bonds is 4. The second-order valence-electron chi connectivity index (χ2n) is 4.69. The first-order chi connectivity index (χ1) is 11.2. The maximum absolute atomic E-state index is 11.6. The predicted octanol–water partition coefficient (Wildman–Crippen LogP) is 2.78. The summed E-state index contributed by atoms with van der Waals surface area (Å²) in [6, 6.07) is 14.4. The zero-order chi connectivity index (χ0) is 16.2. The zero-order valence-corrected chi connectivity index (χ0v) is 12.7. The van der Waals surface area contributed by atoms with Crippen molar-refractivity contribution in [3.63, 3.8) is 0 Å². The van der Waals surface area contributed by atoms with Crippen molar-refractivity contribution in [2.75, 3.05) is 5.75 Å². The number of fused-ring (bicyclic) bond motifs is 1. The molecule has 0 aliphatic rings. The summed E-state index contributed by atoms with van der Waals surface area (Å²) in [5.41, 5.74) is 1.58. The van der Waals surface area contributed by atoms with Crippen molar-refractivity contribution >= 4 is 28.4 Å². The number of nitrogens with zero attached hydrogens (tertiary/aromatic N) is 3. The second kappa shape index (κ2) is 6.42. The van der Waals surface area contributed by atoms with E-state index in [-0.39, 0.29) is 17.1 Å². The van der Waals surface area contributed by atoms with Crippen LogP contribution in [0.1, 0.15) is 5.82 Å². The molecule has 0 bridgehead atoms. The van der Waals surface area contributed by atoms with E-state index in [2.05, 4.69) is 9.97 Å². The first-order valence-electron chi connectivity index (χ1n) is 6.77. The third kappa shape index (κ3) is 3.12. The van der Waals surface area contributed by atoms with Crippen molar-refractivity contribution in [3.8, 4) is 6.07 Å². The van der Waals surface area contributed by atoms with Crippen LogP contribution < -0.4 is 4.73 Å². The number of benzene rings is 1. The summed E-state index contributed by atoms with van der Waals surface area (Å²) in [6.45, 7) is 0. The summed E-state index contributed by atoms with van der Waals surface area (Å²) in [7, 11) is 0. The summed E-state index contributed by atoms with van der Waals surface area (Å²) in [5, 5.41) is 31.5. The van der Waals surface area contributed by atoms with Gasteiger partial charge in [-0.2, -0.15) is 9.99 Å². The van der Waals surface area contributed by atoms with Gasteiger partial charge < -0.3 is 15.3 Å². The van der Waals surface area contributed by atoms with E-state index in [0.717, 1.165) is 22.8 Å². The molecule has 2 N–H and O–H groups in total. The number of aromatic amines is 1. The number of allylic oxidation sites excluding steroid dienone is 1. The average Bonchev–Trinajstić information content (AvgIpc) is 2.98. The van der Waals surface area contributed by atoms with Crippen LogP contribution in [0.5, 0.6) is 0 Å². The number of thioether (sulfide) groups is 1. The van der Waals surface area contributed by atoms with E-state index in [1.54, 1.807) is 18.2 Å². The van der Waals surface area contributed by atoms with Crippen LogP contribution in [0.25, 0.3) is 16.6 Å². The maximum atomic E-state index is 11.6. The Hall–Kier alpha value is -2.98. The van der Waals surface area contributed by atoms with Gasteiger partial charge in [0.05, 0.1) is 16.8 Å². The van der Waals surface area contributed by atoms with Crippen molar-refractivity contribution in [3.05, 3.63) is 65.5 Å². The fourth-order valence-corrected chi connectivity index (χ4v) is 2.86. The number of aliphatic hydroxyl groups is 1. The van der Waals surface area contributed by atoms with Crippen molar-refractivity contribution in [2.45, 2.75) is 5.03 Å². The molecule has 0 aliphatic carbocycles. The Morgan fingerprint density at radius 3 is 2.83 bits per heavy atom. The molecular formula is C16H12N4O2S. The number of pyridine rings is 1. The highest BCUT2D eigenvalue weighted by molar-refractivity contribution is 7.99. The number of H-pyrrole nitrogens is 1. The topological polar surface area (TPSA) is 99.6 Å². The Labute approximate surface area is 136 Å². The molecule has 6 nitrogen and oxygen atoms in total. The SMILES string of the molecule is N#C/C(=C(/O)CSc1cccc[n+]1[O-])c1nc2ccccc2[nH]1. The maximum Gasteiger partial charge on any atom is 0.251 e. The molecule has 1 aromatic carbocycles. The molecule has 0 radical (unpaired) electrons.